The van der Waals surface area contributed by atoms with Gasteiger partial charge in [0.05, 0.1) is 5.69 Å². The van der Waals surface area contributed by atoms with Gasteiger partial charge in [0.2, 0.25) is 0 Å². The molecule has 0 spiro atoms. The number of nitrogens with zero attached hydrogens (tertiary/aromatic N) is 2. The van der Waals surface area contributed by atoms with E-state index in [-0.39, 0.29) is 0 Å². The van der Waals surface area contributed by atoms with Gasteiger partial charge >= 0.3 is 0 Å². The summed E-state index contributed by atoms with van der Waals surface area (Å²) in [6.07, 6.45) is 5.32. The number of aromatic nitrogens is 2. The standard InChI is InChI=1S/C13H12BrN3/c1-2-7-16-12-4-3-11(14)13(17-12)10-5-8-15-9-6-10/h2-6,8-9H,1,7H2,(H,16,17). The topological polar surface area (TPSA) is 37.8 Å². The zero-order valence-corrected chi connectivity index (χ0v) is 10.8. The van der Waals surface area contributed by atoms with E-state index in [1.807, 2.05) is 24.3 Å². The second-order valence-electron chi connectivity index (χ2n) is 3.43. The first kappa shape index (κ1) is 11.8. The van der Waals surface area contributed by atoms with Gasteiger partial charge in [0.25, 0.3) is 0 Å². The molecule has 3 nitrogen and oxygen atoms in total. The van der Waals surface area contributed by atoms with Crippen molar-refractivity contribution in [2.75, 3.05) is 11.9 Å². The van der Waals surface area contributed by atoms with Gasteiger partial charge in [0.15, 0.2) is 0 Å². The SMILES string of the molecule is C=CCNc1ccc(Br)c(-c2ccncc2)n1. The van der Waals surface area contributed by atoms with Crippen LogP contribution in [0, 0.1) is 0 Å². The van der Waals surface area contributed by atoms with Crippen LogP contribution in [0.4, 0.5) is 5.82 Å². The van der Waals surface area contributed by atoms with Crippen molar-refractivity contribution in [1.82, 2.24) is 9.97 Å². The second-order valence-corrected chi connectivity index (χ2v) is 4.29. The number of nitrogens with one attached hydrogen (secondary N) is 1. The molecule has 4 heteroatoms. The lowest BCUT2D eigenvalue weighted by Gasteiger charge is -2.07. The Labute approximate surface area is 109 Å². The van der Waals surface area contributed by atoms with Gasteiger partial charge in [-0.05, 0) is 40.2 Å². The molecular formula is C13H12BrN3. The molecule has 0 aliphatic rings. The molecule has 2 aromatic heterocycles. The van der Waals surface area contributed by atoms with Gasteiger partial charge < -0.3 is 5.32 Å². The number of pyridine rings is 2. The molecule has 0 bridgehead atoms. The van der Waals surface area contributed by atoms with E-state index < -0.39 is 0 Å². The summed E-state index contributed by atoms with van der Waals surface area (Å²) in [7, 11) is 0. The highest BCUT2D eigenvalue weighted by Crippen LogP contribution is 2.27. The molecule has 0 aliphatic heterocycles. The first-order valence-corrected chi connectivity index (χ1v) is 6.02. The summed E-state index contributed by atoms with van der Waals surface area (Å²) in [6.45, 7) is 4.36. The Balaban J connectivity index is 2.36. The molecule has 2 rings (SSSR count). The van der Waals surface area contributed by atoms with Crippen molar-refractivity contribution in [3.05, 3.63) is 53.8 Å². The third kappa shape index (κ3) is 2.91. The van der Waals surface area contributed by atoms with E-state index in [0.717, 1.165) is 21.5 Å². The Morgan fingerprint density at radius 1 is 1.24 bits per heavy atom. The molecule has 0 saturated carbocycles. The van der Waals surface area contributed by atoms with Crippen LogP contribution in [0.15, 0.2) is 53.8 Å². The smallest absolute Gasteiger partial charge is 0.126 e. The summed E-state index contributed by atoms with van der Waals surface area (Å²) in [5.41, 5.74) is 1.94. The molecule has 0 fully saturated rings. The van der Waals surface area contributed by atoms with Gasteiger partial charge in [-0.25, -0.2) is 4.98 Å². The van der Waals surface area contributed by atoms with Crippen LogP contribution in [0.1, 0.15) is 0 Å². The maximum atomic E-state index is 4.55. The summed E-state index contributed by atoms with van der Waals surface area (Å²) < 4.78 is 0.966. The molecule has 0 atom stereocenters. The van der Waals surface area contributed by atoms with Crippen molar-refractivity contribution in [2.45, 2.75) is 0 Å². The molecule has 0 amide bonds. The lowest BCUT2D eigenvalue weighted by molar-refractivity contribution is 1.22. The number of rotatable bonds is 4. The van der Waals surface area contributed by atoms with Crippen LogP contribution >= 0.6 is 15.9 Å². The maximum Gasteiger partial charge on any atom is 0.126 e. The second kappa shape index (κ2) is 5.59. The first-order valence-electron chi connectivity index (χ1n) is 5.23. The van der Waals surface area contributed by atoms with Crippen LogP contribution in [0.25, 0.3) is 11.3 Å². The van der Waals surface area contributed by atoms with Crippen LogP contribution in [-0.4, -0.2) is 16.5 Å². The fourth-order valence-corrected chi connectivity index (χ4v) is 1.88. The summed E-state index contributed by atoms with van der Waals surface area (Å²) in [4.78, 5) is 8.55. The highest BCUT2D eigenvalue weighted by Gasteiger charge is 2.05. The number of anilines is 1. The molecule has 0 aliphatic carbocycles. The van der Waals surface area contributed by atoms with E-state index in [2.05, 4.69) is 37.8 Å². The number of halogens is 1. The molecule has 1 N–H and O–H groups in total. The van der Waals surface area contributed by atoms with Crippen molar-refractivity contribution in [2.24, 2.45) is 0 Å². The average Bonchev–Trinajstić information content (AvgIpc) is 2.39. The van der Waals surface area contributed by atoms with Gasteiger partial charge in [0.1, 0.15) is 5.82 Å². The molecule has 0 aromatic carbocycles. The minimum absolute atomic E-state index is 0.699. The fourth-order valence-electron chi connectivity index (χ4n) is 1.43. The summed E-state index contributed by atoms with van der Waals surface area (Å²) in [5, 5.41) is 3.17. The molecule has 2 heterocycles. The Bertz CT molecular complexity index is 511. The van der Waals surface area contributed by atoms with Gasteiger partial charge in [-0.1, -0.05) is 6.08 Å². The van der Waals surface area contributed by atoms with Gasteiger partial charge in [-0.3, -0.25) is 4.98 Å². The van der Waals surface area contributed by atoms with Crippen molar-refractivity contribution >= 4 is 21.7 Å². The summed E-state index contributed by atoms with van der Waals surface area (Å²) >= 11 is 3.50. The normalized spacial score (nSPS) is 9.94. The van der Waals surface area contributed by atoms with Crippen LogP contribution in [0.5, 0.6) is 0 Å². The van der Waals surface area contributed by atoms with Gasteiger partial charge in [-0.15, -0.1) is 6.58 Å². The molecular weight excluding hydrogens is 278 g/mol. The number of hydrogen-bond acceptors (Lipinski definition) is 3. The molecule has 0 unspecified atom stereocenters. The van der Waals surface area contributed by atoms with Crippen LogP contribution < -0.4 is 5.32 Å². The minimum atomic E-state index is 0.699. The molecule has 0 radical (unpaired) electrons. The van der Waals surface area contributed by atoms with Crippen LogP contribution in [0.2, 0.25) is 0 Å². The van der Waals surface area contributed by atoms with E-state index in [1.165, 1.54) is 0 Å². The predicted octanol–water partition coefficient (Wildman–Crippen LogP) is 3.50. The molecule has 17 heavy (non-hydrogen) atoms. The van der Waals surface area contributed by atoms with Crippen LogP contribution in [0.3, 0.4) is 0 Å². The van der Waals surface area contributed by atoms with E-state index in [4.69, 9.17) is 0 Å². The van der Waals surface area contributed by atoms with E-state index in [9.17, 15) is 0 Å². The third-order valence-corrected chi connectivity index (χ3v) is 2.87. The highest BCUT2D eigenvalue weighted by atomic mass is 79.9. The Morgan fingerprint density at radius 2 is 2.00 bits per heavy atom. The maximum absolute atomic E-state index is 4.55. The van der Waals surface area contributed by atoms with E-state index >= 15 is 0 Å². The Hall–Kier alpha value is -1.68. The zero-order chi connectivity index (χ0) is 12.1. The van der Waals surface area contributed by atoms with Gasteiger partial charge in [0, 0.05) is 29.0 Å². The highest BCUT2D eigenvalue weighted by molar-refractivity contribution is 9.10. The minimum Gasteiger partial charge on any atom is -0.367 e. The summed E-state index contributed by atoms with van der Waals surface area (Å²) in [5.74, 6) is 0.833. The Kier molecular flexibility index (Phi) is 3.88. The molecule has 0 saturated heterocycles. The van der Waals surface area contributed by atoms with Crippen molar-refractivity contribution in [3.8, 4) is 11.3 Å². The largest absolute Gasteiger partial charge is 0.367 e. The lowest BCUT2D eigenvalue weighted by Crippen LogP contribution is -2.01. The number of hydrogen-bond donors (Lipinski definition) is 1. The van der Waals surface area contributed by atoms with Crippen molar-refractivity contribution in [1.29, 1.82) is 0 Å². The van der Waals surface area contributed by atoms with Crippen molar-refractivity contribution < 1.29 is 0 Å². The average molecular weight is 290 g/mol. The predicted molar refractivity (Wildman–Crippen MR) is 73.9 cm³/mol. The Morgan fingerprint density at radius 3 is 2.71 bits per heavy atom. The third-order valence-electron chi connectivity index (χ3n) is 2.23. The van der Waals surface area contributed by atoms with Crippen LogP contribution in [-0.2, 0) is 0 Å². The van der Waals surface area contributed by atoms with Crippen molar-refractivity contribution in [3.63, 3.8) is 0 Å². The fraction of sp³-hybridized carbons (Fsp3) is 0.0769. The molecule has 86 valence electrons. The summed E-state index contributed by atoms with van der Waals surface area (Å²) in [6, 6.07) is 7.78. The monoisotopic (exact) mass is 289 g/mol. The lowest BCUT2D eigenvalue weighted by atomic mass is 10.2. The zero-order valence-electron chi connectivity index (χ0n) is 9.23. The van der Waals surface area contributed by atoms with E-state index in [1.54, 1.807) is 18.5 Å². The first-order chi connectivity index (χ1) is 8.31. The quantitative estimate of drug-likeness (QED) is 0.876. The van der Waals surface area contributed by atoms with E-state index in [0.29, 0.717) is 6.54 Å². The molecule has 2 aromatic rings. The van der Waals surface area contributed by atoms with Gasteiger partial charge in [-0.2, -0.15) is 0 Å².